The van der Waals surface area contributed by atoms with E-state index in [1.54, 1.807) is 18.2 Å². The maximum atomic E-state index is 12.2. The summed E-state index contributed by atoms with van der Waals surface area (Å²) < 4.78 is 10.5. The standard InChI is InChI=1S/C18H17NO5/c20-17(8-12-4-2-1-3-5-12)19-14(10-18(21)22)13-6-7-15-16(9-13)24-11-23-15/h1-7,9,14H,8,10-11H2,(H,19,20)(H,21,22)/p-1/t14-/m0/s1. The fourth-order valence-corrected chi connectivity index (χ4v) is 2.58. The molecule has 1 aliphatic rings. The topological polar surface area (TPSA) is 87.7 Å². The number of carboxylic acids is 1. The molecule has 24 heavy (non-hydrogen) atoms. The number of ether oxygens (including phenoxy) is 2. The summed E-state index contributed by atoms with van der Waals surface area (Å²) in [4.78, 5) is 23.3. The van der Waals surface area contributed by atoms with Gasteiger partial charge in [-0.2, -0.15) is 0 Å². The molecule has 0 radical (unpaired) electrons. The quantitative estimate of drug-likeness (QED) is 0.854. The van der Waals surface area contributed by atoms with E-state index in [1.807, 2.05) is 30.3 Å². The van der Waals surface area contributed by atoms with Crippen molar-refractivity contribution in [2.24, 2.45) is 0 Å². The van der Waals surface area contributed by atoms with E-state index in [0.29, 0.717) is 17.1 Å². The monoisotopic (exact) mass is 326 g/mol. The number of carbonyl (C=O) groups excluding carboxylic acids is 2. The van der Waals surface area contributed by atoms with Crippen molar-refractivity contribution in [3.63, 3.8) is 0 Å². The van der Waals surface area contributed by atoms with Crippen LogP contribution in [0.1, 0.15) is 23.6 Å². The Morgan fingerprint density at radius 3 is 2.58 bits per heavy atom. The molecule has 0 unspecified atom stereocenters. The van der Waals surface area contributed by atoms with Crippen LogP contribution in [0.2, 0.25) is 0 Å². The van der Waals surface area contributed by atoms with Crippen LogP contribution in [0.15, 0.2) is 48.5 Å². The second kappa shape index (κ2) is 7.04. The Kier molecular flexibility index (Phi) is 4.65. The Morgan fingerprint density at radius 1 is 1.08 bits per heavy atom. The van der Waals surface area contributed by atoms with Crippen molar-refractivity contribution in [1.82, 2.24) is 5.32 Å². The number of benzene rings is 2. The molecule has 6 nitrogen and oxygen atoms in total. The van der Waals surface area contributed by atoms with Gasteiger partial charge in [0.1, 0.15) is 0 Å². The third kappa shape index (κ3) is 3.84. The number of carbonyl (C=O) groups is 2. The van der Waals surface area contributed by atoms with Crippen LogP contribution >= 0.6 is 0 Å². The van der Waals surface area contributed by atoms with Crippen molar-refractivity contribution >= 4 is 11.9 Å². The highest BCUT2D eigenvalue weighted by molar-refractivity contribution is 5.79. The molecule has 124 valence electrons. The van der Waals surface area contributed by atoms with Crippen LogP contribution in [-0.4, -0.2) is 18.7 Å². The highest BCUT2D eigenvalue weighted by atomic mass is 16.7. The van der Waals surface area contributed by atoms with Crippen LogP contribution in [0.5, 0.6) is 11.5 Å². The van der Waals surface area contributed by atoms with Gasteiger partial charge < -0.3 is 24.7 Å². The summed E-state index contributed by atoms with van der Waals surface area (Å²) >= 11 is 0. The molecule has 2 aromatic carbocycles. The first-order valence-corrected chi connectivity index (χ1v) is 7.54. The van der Waals surface area contributed by atoms with Crippen molar-refractivity contribution in [2.75, 3.05) is 6.79 Å². The van der Waals surface area contributed by atoms with Gasteiger partial charge in [-0.25, -0.2) is 0 Å². The predicted octanol–water partition coefficient (Wildman–Crippen LogP) is 0.955. The fourth-order valence-electron chi connectivity index (χ4n) is 2.58. The third-order valence-corrected chi connectivity index (χ3v) is 3.71. The Hall–Kier alpha value is -3.02. The summed E-state index contributed by atoms with van der Waals surface area (Å²) in [5.74, 6) is -0.363. The minimum atomic E-state index is -1.24. The van der Waals surface area contributed by atoms with E-state index in [1.165, 1.54) is 0 Å². The van der Waals surface area contributed by atoms with Gasteiger partial charge in [-0.1, -0.05) is 36.4 Å². The first-order chi connectivity index (χ1) is 11.6. The van der Waals surface area contributed by atoms with Gasteiger partial charge >= 0.3 is 0 Å². The number of aliphatic carboxylic acids is 1. The van der Waals surface area contributed by atoms with Gasteiger partial charge in [0, 0.05) is 12.4 Å². The molecule has 3 rings (SSSR count). The van der Waals surface area contributed by atoms with Crippen molar-refractivity contribution < 1.29 is 24.2 Å². The maximum absolute atomic E-state index is 12.2. The van der Waals surface area contributed by atoms with Crippen LogP contribution in [0.3, 0.4) is 0 Å². The Bertz CT molecular complexity index is 744. The number of hydrogen-bond donors (Lipinski definition) is 1. The third-order valence-electron chi connectivity index (χ3n) is 3.71. The lowest BCUT2D eigenvalue weighted by atomic mass is 10.0. The SMILES string of the molecule is O=C([O-])C[C@H](NC(=O)Cc1ccccc1)c1ccc2c(c1)OCO2. The van der Waals surface area contributed by atoms with E-state index in [-0.39, 0.29) is 25.5 Å². The first kappa shape index (κ1) is 15.9. The zero-order valence-corrected chi connectivity index (χ0v) is 12.9. The van der Waals surface area contributed by atoms with Crippen LogP contribution in [0, 0.1) is 0 Å². The van der Waals surface area contributed by atoms with Gasteiger partial charge in [0.15, 0.2) is 11.5 Å². The van der Waals surface area contributed by atoms with Crippen LogP contribution in [-0.2, 0) is 16.0 Å². The highest BCUT2D eigenvalue weighted by Gasteiger charge is 2.20. The molecule has 1 aliphatic heterocycles. The van der Waals surface area contributed by atoms with Gasteiger partial charge in [-0.15, -0.1) is 0 Å². The van der Waals surface area contributed by atoms with Crippen molar-refractivity contribution in [2.45, 2.75) is 18.9 Å². The van der Waals surface area contributed by atoms with Gasteiger partial charge in [-0.3, -0.25) is 4.79 Å². The normalized spacial score (nSPS) is 13.3. The molecule has 0 spiro atoms. The minimum Gasteiger partial charge on any atom is -0.550 e. The van der Waals surface area contributed by atoms with Gasteiger partial charge in [0.25, 0.3) is 0 Å². The molecule has 1 N–H and O–H groups in total. The summed E-state index contributed by atoms with van der Waals surface area (Å²) in [6.07, 6.45) is -0.144. The van der Waals surface area contributed by atoms with E-state index < -0.39 is 12.0 Å². The molecule has 0 saturated heterocycles. The van der Waals surface area contributed by atoms with Crippen molar-refractivity contribution in [1.29, 1.82) is 0 Å². The van der Waals surface area contributed by atoms with Crippen molar-refractivity contribution in [3.8, 4) is 11.5 Å². The predicted molar refractivity (Wildman–Crippen MR) is 83.2 cm³/mol. The second-order valence-electron chi connectivity index (χ2n) is 5.47. The molecule has 0 saturated carbocycles. The number of rotatable bonds is 6. The number of nitrogens with one attached hydrogen (secondary N) is 1. The largest absolute Gasteiger partial charge is 0.550 e. The summed E-state index contributed by atoms with van der Waals surface area (Å²) in [6, 6.07) is 13.6. The van der Waals surface area contributed by atoms with Gasteiger partial charge in [-0.05, 0) is 23.3 Å². The molecule has 2 aromatic rings. The molecular formula is C18H16NO5-. The van der Waals surface area contributed by atoms with Crippen molar-refractivity contribution in [3.05, 3.63) is 59.7 Å². The zero-order chi connectivity index (χ0) is 16.9. The average Bonchev–Trinajstić information content (AvgIpc) is 3.02. The number of hydrogen-bond acceptors (Lipinski definition) is 5. The van der Waals surface area contributed by atoms with E-state index in [0.717, 1.165) is 5.56 Å². The van der Waals surface area contributed by atoms with E-state index in [4.69, 9.17) is 9.47 Å². The lowest BCUT2D eigenvalue weighted by molar-refractivity contribution is -0.306. The Morgan fingerprint density at radius 2 is 1.83 bits per heavy atom. The number of fused-ring (bicyclic) bond motifs is 1. The average molecular weight is 326 g/mol. The molecule has 1 amide bonds. The number of carboxylic acid groups (broad SMARTS) is 1. The lowest BCUT2D eigenvalue weighted by Crippen LogP contribution is -2.35. The summed E-state index contributed by atoms with van der Waals surface area (Å²) in [6.45, 7) is 0.129. The van der Waals surface area contributed by atoms with E-state index in [2.05, 4.69) is 5.32 Å². The second-order valence-corrected chi connectivity index (χ2v) is 5.47. The first-order valence-electron chi connectivity index (χ1n) is 7.54. The Balaban J connectivity index is 1.74. The molecule has 0 aliphatic carbocycles. The van der Waals surface area contributed by atoms with E-state index >= 15 is 0 Å². The van der Waals surface area contributed by atoms with Crippen LogP contribution in [0.25, 0.3) is 0 Å². The van der Waals surface area contributed by atoms with Crippen LogP contribution < -0.4 is 19.9 Å². The molecule has 0 fully saturated rings. The summed E-state index contributed by atoms with van der Waals surface area (Å²) in [7, 11) is 0. The lowest BCUT2D eigenvalue weighted by Gasteiger charge is -2.20. The molecule has 0 bridgehead atoms. The number of amides is 1. The summed E-state index contributed by atoms with van der Waals surface area (Å²) in [5, 5.41) is 13.8. The molecule has 0 aromatic heterocycles. The Labute approximate surface area is 139 Å². The minimum absolute atomic E-state index is 0.129. The highest BCUT2D eigenvalue weighted by Crippen LogP contribution is 2.34. The smallest absolute Gasteiger partial charge is 0.231 e. The maximum Gasteiger partial charge on any atom is 0.231 e. The van der Waals surface area contributed by atoms with Gasteiger partial charge in [0.05, 0.1) is 12.5 Å². The molecular weight excluding hydrogens is 310 g/mol. The van der Waals surface area contributed by atoms with Crippen LogP contribution in [0.4, 0.5) is 0 Å². The molecule has 1 atom stereocenters. The van der Waals surface area contributed by atoms with Gasteiger partial charge in [0.2, 0.25) is 12.7 Å². The van der Waals surface area contributed by atoms with E-state index in [9.17, 15) is 14.7 Å². The molecule has 6 heteroatoms. The molecule has 1 heterocycles. The zero-order valence-electron chi connectivity index (χ0n) is 12.9. The summed E-state index contributed by atoms with van der Waals surface area (Å²) in [5.41, 5.74) is 1.48. The fraction of sp³-hybridized carbons (Fsp3) is 0.222.